The molecule has 8 heteroatoms. The number of imidazole rings is 1. The van der Waals surface area contributed by atoms with E-state index in [1.807, 2.05) is 13.1 Å². The van der Waals surface area contributed by atoms with Crippen molar-refractivity contribution >= 4 is 21.0 Å². The molecular formula is C15H16FN3O3S. The number of aromatic amines is 1. The van der Waals surface area contributed by atoms with Gasteiger partial charge in [-0.2, -0.15) is 8.42 Å². The maximum absolute atomic E-state index is 13.4. The van der Waals surface area contributed by atoms with Crippen molar-refractivity contribution < 1.29 is 17.4 Å². The molecule has 4 rings (SSSR count). The Hall–Kier alpha value is -2.19. The van der Waals surface area contributed by atoms with Crippen LogP contribution in [0.25, 0.3) is 22.3 Å². The zero-order valence-electron chi connectivity index (χ0n) is 12.7. The summed E-state index contributed by atoms with van der Waals surface area (Å²) in [5, 5.41) is 0.995. The number of hydrogen-bond acceptors (Lipinski definition) is 3. The van der Waals surface area contributed by atoms with Crippen LogP contribution in [-0.4, -0.2) is 33.8 Å². The summed E-state index contributed by atoms with van der Waals surface area (Å²) in [7, 11) is -3.67. The second kappa shape index (κ2) is 5.47. The average Bonchev–Trinajstić information content (AvgIpc) is 2.98. The van der Waals surface area contributed by atoms with Crippen LogP contribution in [-0.2, 0) is 23.1 Å². The van der Waals surface area contributed by atoms with Crippen LogP contribution in [0, 0.1) is 12.7 Å². The quantitative estimate of drug-likeness (QED) is 0.617. The van der Waals surface area contributed by atoms with Crippen LogP contribution < -0.4 is 0 Å². The van der Waals surface area contributed by atoms with E-state index < -0.39 is 10.1 Å². The number of hydrogen-bond donors (Lipinski definition) is 2. The molecule has 6 nitrogen and oxygen atoms in total. The highest BCUT2D eigenvalue weighted by Crippen LogP contribution is 2.35. The van der Waals surface area contributed by atoms with E-state index in [0.29, 0.717) is 6.26 Å². The van der Waals surface area contributed by atoms with E-state index >= 15 is 0 Å². The number of aromatic nitrogens is 3. The normalized spacial score (nSPS) is 13.2. The lowest BCUT2D eigenvalue weighted by molar-refractivity contribution is 0.490. The van der Waals surface area contributed by atoms with E-state index in [1.165, 1.54) is 11.6 Å². The fraction of sp³-hybridized carbons (Fsp3) is 0.267. The van der Waals surface area contributed by atoms with Crippen LogP contribution in [0.1, 0.15) is 11.4 Å². The molecule has 122 valence electrons. The Kier molecular flexibility index (Phi) is 3.73. The molecule has 3 heterocycles. The Morgan fingerprint density at radius 3 is 2.78 bits per heavy atom. The molecular weight excluding hydrogens is 321 g/mol. The first-order valence-electron chi connectivity index (χ1n) is 6.99. The lowest BCUT2D eigenvalue weighted by Gasteiger charge is -2.16. The molecule has 2 N–H and O–H groups in total. The Bertz CT molecular complexity index is 981. The molecule has 0 atom stereocenters. The van der Waals surface area contributed by atoms with E-state index in [0.717, 1.165) is 41.1 Å². The molecule has 0 unspecified atom stereocenters. The minimum atomic E-state index is -3.67. The summed E-state index contributed by atoms with van der Waals surface area (Å²) < 4.78 is 41.4. The van der Waals surface area contributed by atoms with Gasteiger partial charge in [0.25, 0.3) is 10.1 Å². The van der Waals surface area contributed by atoms with Crippen molar-refractivity contribution in [3.8, 4) is 11.4 Å². The fourth-order valence-corrected chi connectivity index (χ4v) is 2.87. The Morgan fingerprint density at radius 2 is 2.09 bits per heavy atom. The molecule has 0 radical (unpaired) electrons. The summed E-state index contributed by atoms with van der Waals surface area (Å²) in [4.78, 5) is 7.74. The molecule has 23 heavy (non-hydrogen) atoms. The van der Waals surface area contributed by atoms with Gasteiger partial charge in [0.05, 0.1) is 23.8 Å². The van der Waals surface area contributed by atoms with Crippen LogP contribution in [0.2, 0.25) is 0 Å². The number of benzene rings is 1. The second-order valence-corrected chi connectivity index (χ2v) is 6.96. The second-order valence-electron chi connectivity index (χ2n) is 5.49. The Morgan fingerprint density at radius 1 is 1.39 bits per heavy atom. The van der Waals surface area contributed by atoms with Gasteiger partial charge in [-0.25, -0.2) is 9.37 Å². The summed E-state index contributed by atoms with van der Waals surface area (Å²) in [5.74, 6) is 0.847. The Balaban J connectivity index is 0.000000276. The van der Waals surface area contributed by atoms with Gasteiger partial charge in [0.2, 0.25) is 0 Å². The number of nitrogens with one attached hydrogen (secondary N) is 1. The lowest BCUT2D eigenvalue weighted by Crippen LogP contribution is -2.11. The number of fused-ring (bicyclic) bond motifs is 5. The molecule has 0 fully saturated rings. The zero-order valence-corrected chi connectivity index (χ0v) is 13.5. The first-order chi connectivity index (χ1) is 10.7. The van der Waals surface area contributed by atoms with Crippen molar-refractivity contribution in [2.75, 3.05) is 6.26 Å². The van der Waals surface area contributed by atoms with Gasteiger partial charge in [0, 0.05) is 17.4 Å². The minimum absolute atomic E-state index is 0.181. The third kappa shape index (κ3) is 3.13. The number of H-pyrrole nitrogens is 1. The zero-order chi connectivity index (χ0) is 16.8. The van der Waals surface area contributed by atoms with Crippen LogP contribution >= 0.6 is 0 Å². The van der Waals surface area contributed by atoms with E-state index in [4.69, 9.17) is 4.55 Å². The predicted molar refractivity (Wildman–Crippen MR) is 85.4 cm³/mol. The van der Waals surface area contributed by atoms with Gasteiger partial charge in [-0.05, 0) is 37.1 Å². The first-order valence-corrected chi connectivity index (χ1v) is 8.84. The van der Waals surface area contributed by atoms with Crippen LogP contribution in [0.3, 0.4) is 0 Å². The maximum atomic E-state index is 13.4. The molecule has 0 saturated heterocycles. The summed E-state index contributed by atoms with van der Waals surface area (Å²) in [6, 6.07) is 4.91. The average molecular weight is 337 g/mol. The summed E-state index contributed by atoms with van der Waals surface area (Å²) in [5.41, 5.74) is 4.39. The summed E-state index contributed by atoms with van der Waals surface area (Å²) >= 11 is 0. The number of nitrogens with zero attached hydrogens (tertiary/aromatic N) is 2. The van der Waals surface area contributed by atoms with E-state index in [9.17, 15) is 12.8 Å². The van der Waals surface area contributed by atoms with Crippen molar-refractivity contribution in [3.05, 3.63) is 41.6 Å². The number of halogens is 1. The van der Waals surface area contributed by atoms with E-state index in [-0.39, 0.29) is 5.82 Å². The minimum Gasteiger partial charge on any atom is -0.353 e. The van der Waals surface area contributed by atoms with Gasteiger partial charge in [0.1, 0.15) is 11.6 Å². The standard InChI is InChI=1S/C14H12FN3.CH4O3S/c1-8-16-7-13-14-10(4-5-18(8)13)11-6-9(15)2-3-12(11)17-14;1-5(2,3)4/h2-3,6-7,17H,4-5H2,1H3;1H3,(H,2,3,4). The number of rotatable bonds is 0. The molecule has 3 aromatic rings. The molecule has 0 aliphatic carbocycles. The van der Waals surface area contributed by atoms with Gasteiger partial charge >= 0.3 is 0 Å². The molecule has 1 aliphatic heterocycles. The van der Waals surface area contributed by atoms with Gasteiger partial charge in [0.15, 0.2) is 0 Å². The molecule has 0 saturated carbocycles. The third-order valence-corrected chi connectivity index (χ3v) is 3.76. The highest BCUT2D eigenvalue weighted by atomic mass is 32.2. The Labute approximate surface area is 132 Å². The van der Waals surface area contributed by atoms with Gasteiger partial charge in [-0.15, -0.1) is 0 Å². The smallest absolute Gasteiger partial charge is 0.261 e. The summed E-state index contributed by atoms with van der Waals surface area (Å²) in [6.45, 7) is 2.93. The summed E-state index contributed by atoms with van der Waals surface area (Å²) in [6.07, 6.45) is 3.52. The maximum Gasteiger partial charge on any atom is 0.261 e. The molecule has 0 amide bonds. The van der Waals surface area contributed by atoms with Crippen LogP contribution in [0.4, 0.5) is 4.39 Å². The molecule has 0 bridgehead atoms. The molecule has 0 spiro atoms. The lowest BCUT2D eigenvalue weighted by atomic mass is 10.0. The highest BCUT2D eigenvalue weighted by Gasteiger charge is 2.22. The SMILES string of the molecule is CS(=O)(=O)O.Cc1ncc2n1CCc1c-2[nH]c2ccc(F)cc12. The number of aryl methyl sites for hydroxylation is 2. The van der Waals surface area contributed by atoms with Crippen molar-refractivity contribution in [3.63, 3.8) is 0 Å². The van der Waals surface area contributed by atoms with Gasteiger partial charge < -0.3 is 9.55 Å². The van der Waals surface area contributed by atoms with E-state index in [1.54, 1.807) is 12.1 Å². The molecule has 1 aromatic carbocycles. The third-order valence-electron chi connectivity index (χ3n) is 3.76. The topological polar surface area (TPSA) is 88.0 Å². The predicted octanol–water partition coefficient (Wildman–Crippen LogP) is 2.54. The van der Waals surface area contributed by atoms with E-state index in [2.05, 4.69) is 14.5 Å². The van der Waals surface area contributed by atoms with Crippen molar-refractivity contribution in [1.29, 1.82) is 0 Å². The fourth-order valence-electron chi connectivity index (χ4n) is 2.87. The van der Waals surface area contributed by atoms with Crippen molar-refractivity contribution in [2.24, 2.45) is 0 Å². The van der Waals surface area contributed by atoms with Gasteiger partial charge in [-0.1, -0.05) is 0 Å². The molecule has 2 aromatic heterocycles. The van der Waals surface area contributed by atoms with Crippen molar-refractivity contribution in [1.82, 2.24) is 14.5 Å². The first kappa shape index (κ1) is 15.7. The van der Waals surface area contributed by atoms with Crippen LogP contribution in [0.5, 0.6) is 0 Å². The monoisotopic (exact) mass is 337 g/mol. The largest absolute Gasteiger partial charge is 0.353 e. The molecule has 1 aliphatic rings. The van der Waals surface area contributed by atoms with Crippen molar-refractivity contribution in [2.45, 2.75) is 19.9 Å². The van der Waals surface area contributed by atoms with Crippen LogP contribution in [0.15, 0.2) is 24.4 Å². The highest BCUT2D eigenvalue weighted by molar-refractivity contribution is 7.85. The van der Waals surface area contributed by atoms with Gasteiger partial charge in [-0.3, -0.25) is 4.55 Å².